The molecule has 170 valence electrons. The Labute approximate surface area is 191 Å². The van der Waals surface area contributed by atoms with Crippen molar-refractivity contribution in [3.05, 3.63) is 69.8 Å². The van der Waals surface area contributed by atoms with Gasteiger partial charge in [-0.15, -0.1) is 0 Å². The highest BCUT2D eigenvalue weighted by molar-refractivity contribution is 5.90. The van der Waals surface area contributed by atoms with Crippen LogP contribution in [-0.4, -0.2) is 23.6 Å². The number of rotatable bonds is 6. The van der Waals surface area contributed by atoms with E-state index in [4.69, 9.17) is 9.47 Å². The van der Waals surface area contributed by atoms with Gasteiger partial charge in [-0.05, 0) is 119 Å². The van der Waals surface area contributed by atoms with Gasteiger partial charge in [-0.25, -0.2) is 9.59 Å². The molecule has 4 rings (SSSR count). The molecule has 0 amide bonds. The number of aryl methyl sites for hydroxylation is 4. The van der Waals surface area contributed by atoms with Crippen molar-refractivity contribution in [2.45, 2.75) is 90.3 Å². The summed E-state index contributed by atoms with van der Waals surface area (Å²) in [5.41, 5.74) is 5.65. The van der Waals surface area contributed by atoms with Gasteiger partial charge < -0.3 is 9.47 Å². The molecule has 1 unspecified atom stereocenters. The van der Waals surface area contributed by atoms with Gasteiger partial charge in [0.05, 0.1) is 11.1 Å². The highest BCUT2D eigenvalue weighted by atomic mass is 16.6. The van der Waals surface area contributed by atoms with Crippen LogP contribution in [0.3, 0.4) is 0 Å². The molecule has 1 atom stereocenters. The molecule has 0 N–H and O–H groups in total. The van der Waals surface area contributed by atoms with Gasteiger partial charge in [-0.2, -0.15) is 0 Å². The van der Waals surface area contributed by atoms with E-state index in [1.807, 2.05) is 45.0 Å². The fourth-order valence-electron chi connectivity index (χ4n) is 5.06. The fraction of sp³-hybridized carbons (Fsp3) is 0.500. The third-order valence-corrected chi connectivity index (χ3v) is 6.62. The van der Waals surface area contributed by atoms with Crippen molar-refractivity contribution in [3.63, 3.8) is 0 Å². The van der Waals surface area contributed by atoms with Crippen LogP contribution in [-0.2, 0) is 35.2 Å². The Bertz CT molecular complexity index is 1000. The molecule has 0 fully saturated rings. The smallest absolute Gasteiger partial charge is 0.338 e. The molecule has 0 heterocycles. The van der Waals surface area contributed by atoms with E-state index >= 15 is 0 Å². The Morgan fingerprint density at radius 1 is 0.781 bits per heavy atom. The number of esters is 2. The van der Waals surface area contributed by atoms with Gasteiger partial charge in [-0.3, -0.25) is 0 Å². The molecule has 0 aromatic heterocycles. The second-order valence-corrected chi connectivity index (χ2v) is 9.95. The van der Waals surface area contributed by atoms with Gasteiger partial charge in [0.25, 0.3) is 0 Å². The Morgan fingerprint density at radius 3 is 1.78 bits per heavy atom. The molecule has 0 saturated carbocycles. The van der Waals surface area contributed by atoms with Crippen molar-refractivity contribution in [1.29, 1.82) is 0 Å². The first-order valence-electron chi connectivity index (χ1n) is 12.0. The second-order valence-electron chi connectivity index (χ2n) is 9.95. The Morgan fingerprint density at radius 2 is 1.25 bits per heavy atom. The summed E-state index contributed by atoms with van der Waals surface area (Å²) in [4.78, 5) is 25.5. The summed E-state index contributed by atoms with van der Waals surface area (Å²) < 4.78 is 11.5. The van der Waals surface area contributed by atoms with E-state index in [-0.39, 0.29) is 18.0 Å². The highest BCUT2D eigenvalue weighted by Gasteiger charge is 2.28. The lowest BCUT2D eigenvalue weighted by molar-refractivity contribution is -0.0282. The summed E-state index contributed by atoms with van der Waals surface area (Å²) in [5, 5.41) is 0. The fourth-order valence-corrected chi connectivity index (χ4v) is 5.06. The van der Waals surface area contributed by atoms with E-state index in [0.29, 0.717) is 17.5 Å². The highest BCUT2D eigenvalue weighted by Crippen LogP contribution is 2.26. The molecule has 2 aromatic rings. The monoisotopic (exact) mass is 434 g/mol. The lowest BCUT2D eigenvalue weighted by Crippen LogP contribution is -2.33. The van der Waals surface area contributed by atoms with Crippen LogP contribution in [0.25, 0.3) is 0 Å². The van der Waals surface area contributed by atoms with Crippen LogP contribution in [0.4, 0.5) is 0 Å². The summed E-state index contributed by atoms with van der Waals surface area (Å²) >= 11 is 0. The van der Waals surface area contributed by atoms with Crippen LogP contribution in [0.15, 0.2) is 36.4 Å². The third-order valence-electron chi connectivity index (χ3n) is 6.62. The number of benzene rings is 2. The van der Waals surface area contributed by atoms with Crippen molar-refractivity contribution in [3.8, 4) is 0 Å². The van der Waals surface area contributed by atoms with Crippen molar-refractivity contribution >= 4 is 11.9 Å². The van der Waals surface area contributed by atoms with E-state index in [0.717, 1.165) is 25.7 Å². The second kappa shape index (κ2) is 9.48. The van der Waals surface area contributed by atoms with Crippen LogP contribution >= 0.6 is 0 Å². The molecule has 2 aliphatic carbocycles. The zero-order valence-corrected chi connectivity index (χ0v) is 19.5. The van der Waals surface area contributed by atoms with Crippen molar-refractivity contribution in [1.82, 2.24) is 0 Å². The van der Waals surface area contributed by atoms with Crippen molar-refractivity contribution < 1.29 is 19.1 Å². The number of hydrogen-bond acceptors (Lipinski definition) is 4. The SMILES string of the molecule is CC(CC(C)(C)OC(=O)c1ccc2c(c1)CCCC2)OC(=O)c1ccc2c(c1)CCCC2. The molecule has 0 saturated heterocycles. The minimum absolute atomic E-state index is 0.317. The standard InChI is InChI=1S/C28H34O4/c1-19(31-26(29)24-14-12-20-8-4-6-10-22(20)16-24)18-28(2,3)32-27(30)25-15-13-21-9-5-7-11-23(21)17-25/h12-17,19H,4-11,18H2,1-3H3. The number of carbonyl (C=O) groups excluding carboxylic acids is 2. The van der Waals surface area contributed by atoms with Crippen molar-refractivity contribution in [2.24, 2.45) is 0 Å². The molecule has 0 bridgehead atoms. The average Bonchev–Trinajstić information content (AvgIpc) is 2.77. The molecule has 32 heavy (non-hydrogen) atoms. The van der Waals surface area contributed by atoms with Gasteiger partial charge in [0.2, 0.25) is 0 Å². The Balaban J connectivity index is 1.34. The number of ether oxygens (including phenoxy) is 2. The predicted octanol–water partition coefficient (Wildman–Crippen LogP) is 6.02. The Hall–Kier alpha value is -2.62. The minimum Gasteiger partial charge on any atom is -0.459 e. The van der Waals surface area contributed by atoms with Crippen LogP contribution in [0.2, 0.25) is 0 Å². The van der Waals surface area contributed by atoms with Gasteiger partial charge in [-0.1, -0.05) is 12.1 Å². The van der Waals surface area contributed by atoms with Crippen LogP contribution < -0.4 is 0 Å². The summed E-state index contributed by atoms with van der Waals surface area (Å²) in [6.45, 7) is 5.59. The number of hydrogen-bond donors (Lipinski definition) is 0. The van der Waals surface area contributed by atoms with Crippen molar-refractivity contribution in [2.75, 3.05) is 0 Å². The van der Waals surface area contributed by atoms with Crippen LogP contribution in [0, 0.1) is 0 Å². The van der Waals surface area contributed by atoms with E-state index in [2.05, 4.69) is 12.1 Å². The Kier molecular flexibility index (Phi) is 6.68. The molecular formula is C28H34O4. The van der Waals surface area contributed by atoms with Gasteiger partial charge >= 0.3 is 11.9 Å². The number of fused-ring (bicyclic) bond motifs is 2. The maximum atomic E-state index is 12.8. The maximum absolute atomic E-state index is 12.8. The molecule has 0 aliphatic heterocycles. The van der Waals surface area contributed by atoms with E-state index in [9.17, 15) is 9.59 Å². The van der Waals surface area contributed by atoms with Gasteiger partial charge in [0.1, 0.15) is 11.7 Å². The topological polar surface area (TPSA) is 52.6 Å². The molecule has 0 radical (unpaired) electrons. The summed E-state index contributed by atoms with van der Waals surface area (Å²) in [7, 11) is 0. The maximum Gasteiger partial charge on any atom is 0.338 e. The lowest BCUT2D eigenvalue weighted by atomic mass is 9.90. The first kappa shape index (κ1) is 22.6. The number of carbonyl (C=O) groups is 2. The summed E-state index contributed by atoms with van der Waals surface area (Å²) in [6, 6.07) is 11.8. The lowest BCUT2D eigenvalue weighted by Gasteiger charge is -2.28. The largest absolute Gasteiger partial charge is 0.459 e. The zero-order chi connectivity index (χ0) is 22.7. The minimum atomic E-state index is -0.747. The molecule has 4 heteroatoms. The summed E-state index contributed by atoms with van der Waals surface area (Å²) in [6.07, 6.45) is 9.06. The average molecular weight is 435 g/mol. The molecule has 0 spiro atoms. The first-order valence-corrected chi connectivity index (χ1v) is 12.0. The normalized spacial score (nSPS) is 16.5. The molecule has 2 aliphatic rings. The van der Waals surface area contributed by atoms with Crippen LogP contribution in [0.1, 0.15) is 95.8 Å². The van der Waals surface area contributed by atoms with E-state index < -0.39 is 5.60 Å². The predicted molar refractivity (Wildman–Crippen MR) is 125 cm³/mol. The molecule has 4 nitrogen and oxygen atoms in total. The van der Waals surface area contributed by atoms with Gasteiger partial charge in [0.15, 0.2) is 0 Å². The quantitative estimate of drug-likeness (QED) is 0.522. The van der Waals surface area contributed by atoms with Crippen LogP contribution in [0.5, 0.6) is 0 Å². The zero-order valence-electron chi connectivity index (χ0n) is 19.5. The van der Waals surface area contributed by atoms with E-state index in [1.54, 1.807) is 0 Å². The molecule has 2 aromatic carbocycles. The van der Waals surface area contributed by atoms with E-state index in [1.165, 1.54) is 47.9 Å². The first-order chi connectivity index (χ1) is 15.3. The molecular weight excluding hydrogens is 400 g/mol. The third kappa shape index (κ3) is 5.40. The van der Waals surface area contributed by atoms with Gasteiger partial charge in [0, 0.05) is 6.42 Å². The summed E-state index contributed by atoms with van der Waals surface area (Å²) in [5.74, 6) is -0.640.